The first-order valence-corrected chi connectivity index (χ1v) is 24.1. The van der Waals surface area contributed by atoms with Crippen LogP contribution < -0.4 is 0 Å². The fourth-order valence-corrected chi connectivity index (χ4v) is 11.3. The van der Waals surface area contributed by atoms with Crippen molar-refractivity contribution in [2.24, 2.45) is 0 Å². The van der Waals surface area contributed by atoms with Gasteiger partial charge in [-0.2, -0.15) is 0 Å². The maximum atomic E-state index is 6.59. The van der Waals surface area contributed by atoms with E-state index in [4.69, 9.17) is 28.2 Å². The van der Waals surface area contributed by atoms with Crippen molar-refractivity contribution in [1.29, 1.82) is 0 Å². The van der Waals surface area contributed by atoms with Gasteiger partial charge in [-0.3, -0.25) is 0 Å². The zero-order valence-electron chi connectivity index (χ0n) is 38.3. The second-order valence-electron chi connectivity index (χ2n) is 18.7. The normalized spacial score (nSPS) is 12.2. The summed E-state index contributed by atoms with van der Waals surface area (Å²) in [7, 11) is 0. The van der Waals surface area contributed by atoms with Crippen molar-refractivity contribution >= 4 is 109 Å². The molecule has 0 N–H and O–H groups in total. The molecule has 0 saturated carbocycles. The van der Waals surface area contributed by atoms with Crippen LogP contribution in [0.5, 0.6) is 0 Å². The van der Waals surface area contributed by atoms with Crippen LogP contribution in [0.4, 0.5) is 0 Å². The Morgan fingerprint density at radius 2 is 0.722 bits per heavy atom. The maximum Gasteiger partial charge on any atom is 0.164 e. The fourth-order valence-electron chi connectivity index (χ4n) is 11.3. The van der Waals surface area contributed by atoms with Crippen molar-refractivity contribution < 1.29 is 13.3 Å². The SMILES string of the molecule is c1ccc2cc3c(cc2c1)c1cc2ccccc2cc1n3-c1ccc(-c2nc(-c3cccc4oc5ccccc5c34)nc(-c3cccc4oc5ccccc5c34)n2)cc1-c1ccc2c(c1)oc1ccccc12. The zero-order chi connectivity index (χ0) is 47.0. The predicted molar refractivity (Wildman–Crippen MR) is 293 cm³/mol. The van der Waals surface area contributed by atoms with Crippen LogP contribution in [0.1, 0.15) is 0 Å². The van der Waals surface area contributed by atoms with Crippen molar-refractivity contribution in [2.45, 2.75) is 0 Å². The van der Waals surface area contributed by atoms with E-state index in [1.54, 1.807) is 0 Å². The molecule has 7 heteroatoms. The number of aromatic nitrogens is 4. The molecule has 0 aliphatic heterocycles. The van der Waals surface area contributed by atoms with E-state index in [-0.39, 0.29) is 0 Å². The summed E-state index contributed by atoms with van der Waals surface area (Å²) in [5.74, 6) is 1.60. The van der Waals surface area contributed by atoms with Gasteiger partial charge < -0.3 is 17.8 Å². The lowest BCUT2D eigenvalue weighted by molar-refractivity contribution is 0.668. The minimum absolute atomic E-state index is 0.529. The molecule has 0 aliphatic rings. The molecule has 7 nitrogen and oxygen atoms in total. The lowest BCUT2D eigenvalue weighted by Crippen LogP contribution is -2.02. The molecule has 0 saturated heterocycles. The van der Waals surface area contributed by atoms with E-state index in [0.717, 1.165) is 110 Å². The van der Waals surface area contributed by atoms with Gasteiger partial charge in [-0.25, -0.2) is 15.0 Å². The van der Waals surface area contributed by atoms with Gasteiger partial charge in [0.2, 0.25) is 0 Å². The summed E-state index contributed by atoms with van der Waals surface area (Å²) in [6.07, 6.45) is 0. The third kappa shape index (κ3) is 5.76. The summed E-state index contributed by atoms with van der Waals surface area (Å²) >= 11 is 0. The topological polar surface area (TPSA) is 83.0 Å². The van der Waals surface area contributed by atoms with E-state index in [9.17, 15) is 0 Å². The maximum absolute atomic E-state index is 6.59. The summed E-state index contributed by atoms with van der Waals surface area (Å²) in [6.45, 7) is 0. The Kier molecular flexibility index (Phi) is 8.04. The number of rotatable bonds is 5. The van der Waals surface area contributed by atoms with Crippen LogP contribution in [-0.4, -0.2) is 19.5 Å². The monoisotopic (exact) mass is 920 g/mol. The largest absolute Gasteiger partial charge is 0.456 e. The third-order valence-electron chi connectivity index (χ3n) is 14.6. The van der Waals surface area contributed by atoms with Gasteiger partial charge in [0.05, 0.1) is 16.7 Å². The average Bonchev–Trinajstić information content (AvgIpc) is 4.20. The molecule has 16 rings (SSSR count). The highest BCUT2D eigenvalue weighted by Crippen LogP contribution is 2.44. The number of hydrogen-bond donors (Lipinski definition) is 0. The Morgan fingerprint density at radius 1 is 0.278 bits per heavy atom. The number of fused-ring (bicyclic) bond motifs is 14. The molecule has 11 aromatic carbocycles. The minimum Gasteiger partial charge on any atom is -0.456 e. The number of nitrogens with zero attached hydrogens (tertiary/aromatic N) is 4. The smallest absolute Gasteiger partial charge is 0.164 e. The van der Waals surface area contributed by atoms with Gasteiger partial charge in [-0.15, -0.1) is 0 Å². The molecule has 72 heavy (non-hydrogen) atoms. The van der Waals surface area contributed by atoms with E-state index in [1.165, 1.54) is 32.3 Å². The zero-order valence-corrected chi connectivity index (χ0v) is 38.3. The molecule has 0 atom stereocenters. The van der Waals surface area contributed by atoms with Crippen molar-refractivity contribution in [3.63, 3.8) is 0 Å². The Labute approximate surface area is 409 Å². The highest BCUT2D eigenvalue weighted by atomic mass is 16.3. The van der Waals surface area contributed by atoms with Gasteiger partial charge in [0.25, 0.3) is 0 Å². The fraction of sp³-hybridized carbons (Fsp3) is 0. The second kappa shape index (κ2) is 14.8. The predicted octanol–water partition coefficient (Wildman–Crippen LogP) is 17.6. The summed E-state index contributed by atoms with van der Waals surface area (Å²) < 4.78 is 21.9. The lowest BCUT2D eigenvalue weighted by Gasteiger charge is -2.17. The molecule has 5 heterocycles. The number of hydrogen-bond acceptors (Lipinski definition) is 6. The van der Waals surface area contributed by atoms with E-state index in [1.807, 2.05) is 72.8 Å². The molecule has 0 aliphatic carbocycles. The quantitative estimate of drug-likeness (QED) is 0.171. The number of furan rings is 3. The first-order valence-electron chi connectivity index (χ1n) is 24.1. The van der Waals surface area contributed by atoms with E-state index in [2.05, 4.69) is 150 Å². The molecule has 0 radical (unpaired) electrons. The van der Waals surface area contributed by atoms with Crippen LogP contribution in [0.3, 0.4) is 0 Å². The molecule has 0 spiro atoms. The second-order valence-corrected chi connectivity index (χ2v) is 18.7. The summed E-state index contributed by atoms with van der Waals surface area (Å²) in [4.78, 5) is 16.2. The Bertz CT molecular complexity index is 4730. The molecule has 5 aromatic heterocycles. The van der Waals surface area contributed by atoms with Crippen LogP contribution in [0.25, 0.3) is 160 Å². The van der Waals surface area contributed by atoms with Crippen molar-refractivity contribution in [2.75, 3.05) is 0 Å². The average molecular weight is 921 g/mol. The van der Waals surface area contributed by atoms with Gasteiger partial charge >= 0.3 is 0 Å². The van der Waals surface area contributed by atoms with Gasteiger partial charge in [0.1, 0.15) is 33.5 Å². The highest BCUT2D eigenvalue weighted by Gasteiger charge is 2.23. The number of benzene rings is 11. The van der Waals surface area contributed by atoms with E-state index >= 15 is 0 Å². The Morgan fingerprint density at radius 3 is 1.31 bits per heavy atom. The van der Waals surface area contributed by atoms with Gasteiger partial charge in [0.15, 0.2) is 17.5 Å². The molecule has 0 bridgehead atoms. The van der Waals surface area contributed by atoms with Gasteiger partial charge in [0, 0.05) is 65.3 Å². The minimum atomic E-state index is 0.529. The first kappa shape index (κ1) is 39.0. The molecular formula is C65H36N4O3. The first-order chi connectivity index (χ1) is 35.6. The molecule has 334 valence electrons. The Balaban J connectivity index is 0.999. The number of para-hydroxylation sites is 3. The van der Waals surface area contributed by atoms with Crippen LogP contribution in [0, 0.1) is 0 Å². The molecule has 16 aromatic rings. The van der Waals surface area contributed by atoms with Gasteiger partial charge in [-0.05, 0) is 112 Å². The van der Waals surface area contributed by atoms with Crippen molar-refractivity contribution in [3.8, 4) is 51.0 Å². The molecule has 0 unspecified atom stereocenters. The van der Waals surface area contributed by atoms with Crippen LogP contribution in [0.15, 0.2) is 232 Å². The summed E-state index contributed by atoms with van der Waals surface area (Å²) in [5, 5.41) is 13.1. The summed E-state index contributed by atoms with van der Waals surface area (Å²) in [5.41, 5.74) is 12.6. The molecular weight excluding hydrogens is 885 g/mol. The van der Waals surface area contributed by atoms with Crippen LogP contribution >= 0.6 is 0 Å². The van der Waals surface area contributed by atoms with Crippen LogP contribution in [-0.2, 0) is 0 Å². The van der Waals surface area contributed by atoms with Crippen molar-refractivity contribution in [3.05, 3.63) is 218 Å². The van der Waals surface area contributed by atoms with Crippen LogP contribution in [0.2, 0.25) is 0 Å². The Hall–Kier alpha value is -9.85. The third-order valence-corrected chi connectivity index (χ3v) is 14.6. The highest BCUT2D eigenvalue weighted by molar-refractivity contribution is 6.18. The van der Waals surface area contributed by atoms with E-state index in [0.29, 0.717) is 17.5 Å². The standard InChI is InChI=1S/C65H36N4O3/c1-3-15-39-34-53-50(31-37(39)13-1)51-32-38-14-2-4-16-40(38)35-54(51)69(53)52-30-28-42(33-49(52)41-27-29-44-43-17-5-8-22-55(43)72-60(44)36-41)63-66-64(47-20-11-25-58-61(47)45-18-6-9-23-56(45)70-58)68-65(67-63)48-21-12-26-59-62(48)46-19-7-10-24-57(46)71-59/h1-36H. The summed E-state index contributed by atoms with van der Waals surface area (Å²) in [6, 6.07) is 76.5. The molecule has 0 fully saturated rings. The van der Waals surface area contributed by atoms with Gasteiger partial charge in [-0.1, -0.05) is 133 Å². The lowest BCUT2D eigenvalue weighted by atomic mass is 9.98. The molecule has 0 amide bonds. The van der Waals surface area contributed by atoms with E-state index < -0.39 is 0 Å². The van der Waals surface area contributed by atoms with Crippen molar-refractivity contribution in [1.82, 2.24) is 19.5 Å².